The van der Waals surface area contributed by atoms with Crippen molar-refractivity contribution in [2.75, 3.05) is 20.1 Å². The minimum Gasteiger partial charge on any atom is -0.305 e. The minimum atomic E-state index is 0.519. The van der Waals surface area contributed by atoms with Crippen molar-refractivity contribution >= 4 is 27.3 Å². The van der Waals surface area contributed by atoms with Crippen LogP contribution in [0, 0.1) is 0 Å². The molecule has 1 aromatic heterocycles. The van der Waals surface area contributed by atoms with Gasteiger partial charge in [0.05, 0.1) is 0 Å². The molecule has 0 bridgehead atoms. The van der Waals surface area contributed by atoms with Crippen molar-refractivity contribution in [3.63, 3.8) is 0 Å². The van der Waals surface area contributed by atoms with Gasteiger partial charge in [0.2, 0.25) is 0 Å². The number of thiophene rings is 1. The second kappa shape index (κ2) is 5.16. The Morgan fingerprint density at radius 1 is 1.28 bits per heavy atom. The molecule has 1 atom stereocenters. The number of halogens is 1. The van der Waals surface area contributed by atoms with Crippen molar-refractivity contribution in [1.29, 1.82) is 0 Å². The molecule has 1 aliphatic rings. The van der Waals surface area contributed by atoms with E-state index in [2.05, 4.69) is 63.6 Å². The molecule has 0 saturated carbocycles. The van der Waals surface area contributed by atoms with E-state index < -0.39 is 0 Å². The zero-order valence-corrected chi connectivity index (χ0v) is 12.8. The van der Waals surface area contributed by atoms with E-state index in [0.29, 0.717) is 5.92 Å². The number of likely N-dealkylation sites (N-methyl/N-ethyl adjacent to an activating group) is 1. The van der Waals surface area contributed by atoms with Crippen LogP contribution in [0.1, 0.15) is 21.9 Å². The SMILES string of the molecule is CN1CCc2c(Br)csc2C(c2ccccc2)C1. The van der Waals surface area contributed by atoms with Gasteiger partial charge in [-0.2, -0.15) is 0 Å². The second-order valence-electron chi connectivity index (χ2n) is 4.90. The van der Waals surface area contributed by atoms with Crippen LogP contribution in [0.15, 0.2) is 40.2 Å². The van der Waals surface area contributed by atoms with E-state index in [4.69, 9.17) is 0 Å². The van der Waals surface area contributed by atoms with E-state index in [9.17, 15) is 0 Å². The third kappa shape index (κ3) is 2.27. The zero-order valence-electron chi connectivity index (χ0n) is 10.4. The first kappa shape index (κ1) is 12.4. The monoisotopic (exact) mass is 321 g/mol. The van der Waals surface area contributed by atoms with Crippen LogP contribution in [-0.2, 0) is 6.42 Å². The van der Waals surface area contributed by atoms with E-state index in [1.807, 2.05) is 11.3 Å². The molecule has 1 aromatic carbocycles. The van der Waals surface area contributed by atoms with Gasteiger partial charge >= 0.3 is 0 Å². The highest BCUT2D eigenvalue weighted by molar-refractivity contribution is 9.10. The molecule has 1 aliphatic heterocycles. The van der Waals surface area contributed by atoms with Gasteiger partial charge in [-0.15, -0.1) is 11.3 Å². The highest BCUT2D eigenvalue weighted by Crippen LogP contribution is 2.38. The van der Waals surface area contributed by atoms with Crippen LogP contribution in [0.2, 0.25) is 0 Å². The van der Waals surface area contributed by atoms with Crippen molar-refractivity contribution in [3.05, 3.63) is 56.2 Å². The lowest BCUT2D eigenvalue weighted by molar-refractivity contribution is 0.338. The summed E-state index contributed by atoms with van der Waals surface area (Å²) < 4.78 is 1.29. The number of nitrogens with zero attached hydrogens (tertiary/aromatic N) is 1. The molecule has 94 valence electrons. The lowest BCUT2D eigenvalue weighted by atomic mass is 9.95. The molecule has 0 radical (unpaired) electrons. The molecule has 1 unspecified atom stereocenters. The molecule has 0 spiro atoms. The topological polar surface area (TPSA) is 3.24 Å². The molecular weight excluding hydrogens is 306 g/mol. The van der Waals surface area contributed by atoms with Crippen LogP contribution >= 0.6 is 27.3 Å². The van der Waals surface area contributed by atoms with Crippen molar-refractivity contribution in [2.45, 2.75) is 12.3 Å². The van der Waals surface area contributed by atoms with Crippen LogP contribution in [0.4, 0.5) is 0 Å². The van der Waals surface area contributed by atoms with Gasteiger partial charge in [-0.3, -0.25) is 0 Å². The third-order valence-corrected chi connectivity index (χ3v) is 5.78. The van der Waals surface area contributed by atoms with Crippen molar-refractivity contribution in [2.24, 2.45) is 0 Å². The fourth-order valence-corrected chi connectivity index (χ4v) is 4.57. The normalized spacial score (nSPS) is 20.4. The molecule has 2 aromatic rings. The predicted octanol–water partition coefficient (Wildman–Crippen LogP) is 4.13. The summed E-state index contributed by atoms with van der Waals surface area (Å²) in [6, 6.07) is 10.9. The molecule has 0 aliphatic carbocycles. The number of fused-ring (bicyclic) bond motifs is 1. The van der Waals surface area contributed by atoms with E-state index in [-0.39, 0.29) is 0 Å². The first-order chi connectivity index (χ1) is 8.75. The van der Waals surface area contributed by atoms with Crippen LogP contribution in [-0.4, -0.2) is 25.0 Å². The maximum atomic E-state index is 3.70. The quantitative estimate of drug-likeness (QED) is 0.763. The van der Waals surface area contributed by atoms with Gasteiger partial charge in [-0.25, -0.2) is 0 Å². The molecule has 18 heavy (non-hydrogen) atoms. The summed E-state index contributed by atoms with van der Waals surface area (Å²) in [5.41, 5.74) is 2.94. The first-order valence-electron chi connectivity index (χ1n) is 6.25. The van der Waals surface area contributed by atoms with Crippen LogP contribution in [0.25, 0.3) is 0 Å². The first-order valence-corrected chi connectivity index (χ1v) is 7.92. The summed E-state index contributed by atoms with van der Waals surface area (Å²) >= 11 is 5.60. The summed E-state index contributed by atoms with van der Waals surface area (Å²) in [4.78, 5) is 3.98. The molecular formula is C15H16BrNS. The van der Waals surface area contributed by atoms with Gasteiger partial charge in [-0.1, -0.05) is 30.3 Å². The molecule has 0 amide bonds. The van der Waals surface area contributed by atoms with Crippen molar-refractivity contribution in [3.8, 4) is 0 Å². The summed E-state index contributed by atoms with van der Waals surface area (Å²) in [6.07, 6.45) is 1.15. The Hall–Kier alpha value is -0.640. The Kier molecular flexibility index (Phi) is 3.55. The fraction of sp³-hybridized carbons (Fsp3) is 0.333. The molecule has 0 fully saturated rings. The molecule has 3 rings (SSSR count). The van der Waals surface area contributed by atoms with Crippen molar-refractivity contribution in [1.82, 2.24) is 4.90 Å². The Morgan fingerprint density at radius 3 is 2.83 bits per heavy atom. The average molecular weight is 322 g/mol. The predicted molar refractivity (Wildman–Crippen MR) is 81.5 cm³/mol. The van der Waals surface area contributed by atoms with Crippen LogP contribution < -0.4 is 0 Å². The number of hydrogen-bond acceptors (Lipinski definition) is 2. The van der Waals surface area contributed by atoms with Gasteiger partial charge in [0.15, 0.2) is 0 Å². The summed E-state index contributed by atoms with van der Waals surface area (Å²) in [5.74, 6) is 0.519. The fourth-order valence-electron chi connectivity index (χ4n) is 2.64. The summed E-state index contributed by atoms with van der Waals surface area (Å²) in [7, 11) is 2.22. The summed E-state index contributed by atoms with van der Waals surface area (Å²) in [6.45, 7) is 2.26. The minimum absolute atomic E-state index is 0.519. The smallest absolute Gasteiger partial charge is 0.0317 e. The Labute approximate surface area is 121 Å². The number of hydrogen-bond donors (Lipinski definition) is 0. The second-order valence-corrected chi connectivity index (χ2v) is 6.67. The zero-order chi connectivity index (χ0) is 12.5. The van der Waals surface area contributed by atoms with Gasteiger partial charge in [-0.05, 0) is 40.5 Å². The Bertz CT molecular complexity index is 535. The van der Waals surface area contributed by atoms with E-state index in [0.717, 1.165) is 19.5 Å². The molecule has 0 N–H and O–H groups in total. The number of benzene rings is 1. The van der Waals surface area contributed by atoms with Gasteiger partial charge < -0.3 is 4.90 Å². The van der Waals surface area contributed by atoms with Gasteiger partial charge in [0, 0.05) is 33.7 Å². The van der Waals surface area contributed by atoms with Crippen molar-refractivity contribution < 1.29 is 0 Å². The molecule has 0 saturated heterocycles. The maximum Gasteiger partial charge on any atom is 0.0317 e. The van der Waals surface area contributed by atoms with E-state index in [1.165, 1.54) is 20.5 Å². The molecule has 3 heteroatoms. The lowest BCUT2D eigenvalue weighted by Gasteiger charge is -2.20. The van der Waals surface area contributed by atoms with Crippen LogP contribution in [0.3, 0.4) is 0 Å². The average Bonchev–Trinajstić information content (AvgIpc) is 2.66. The van der Waals surface area contributed by atoms with E-state index in [1.54, 1.807) is 0 Å². The van der Waals surface area contributed by atoms with E-state index >= 15 is 0 Å². The lowest BCUT2D eigenvalue weighted by Crippen LogP contribution is -2.24. The highest BCUT2D eigenvalue weighted by Gasteiger charge is 2.25. The van der Waals surface area contributed by atoms with Gasteiger partial charge in [0.1, 0.15) is 0 Å². The van der Waals surface area contributed by atoms with Crippen LogP contribution in [0.5, 0.6) is 0 Å². The summed E-state index contributed by atoms with van der Waals surface area (Å²) in [5, 5.41) is 2.24. The standard InChI is InChI=1S/C15H16BrNS/c1-17-8-7-12-14(16)10-18-15(12)13(9-17)11-5-3-2-4-6-11/h2-6,10,13H,7-9H2,1H3. The molecule has 1 nitrogen and oxygen atoms in total. The van der Waals surface area contributed by atoms with Gasteiger partial charge in [0.25, 0.3) is 0 Å². The Morgan fingerprint density at radius 2 is 2.06 bits per heavy atom. The largest absolute Gasteiger partial charge is 0.305 e. The Balaban J connectivity index is 2.07. The highest BCUT2D eigenvalue weighted by atomic mass is 79.9. The number of rotatable bonds is 1. The molecule has 2 heterocycles. The third-order valence-electron chi connectivity index (χ3n) is 3.63. The maximum absolute atomic E-state index is 3.70.